The fraction of sp³-hybridized carbons (Fsp3) is 0.417. The van der Waals surface area contributed by atoms with Gasteiger partial charge in [0.05, 0.1) is 16.0 Å². The molecular weight excluding hydrogens is 291 g/mol. The fourth-order valence-electron chi connectivity index (χ4n) is 1.43. The molecule has 0 fully saturated rings. The molecule has 0 saturated heterocycles. The predicted octanol–water partition coefficient (Wildman–Crippen LogP) is 1.99. The normalized spacial score (nSPS) is 14.2. The van der Waals surface area contributed by atoms with E-state index in [0.717, 1.165) is 6.07 Å². The number of amides is 1. The van der Waals surface area contributed by atoms with Crippen molar-refractivity contribution in [3.63, 3.8) is 0 Å². The minimum Gasteiger partial charge on any atom is -0.320 e. The highest BCUT2D eigenvalue weighted by Crippen LogP contribution is 2.17. The third-order valence-electron chi connectivity index (χ3n) is 2.36. The number of nitrogens with two attached hydrogens (primary N) is 1. The summed E-state index contributed by atoms with van der Waals surface area (Å²) in [5.74, 6) is -0.854. The Bertz CT molecular complexity index is 497. The van der Waals surface area contributed by atoms with Crippen molar-refractivity contribution >= 4 is 28.5 Å². The van der Waals surface area contributed by atoms with Crippen molar-refractivity contribution in [1.82, 2.24) is 4.72 Å². The van der Waals surface area contributed by atoms with Crippen LogP contribution in [-0.4, -0.2) is 16.2 Å². The van der Waals surface area contributed by atoms with Gasteiger partial charge in [0.1, 0.15) is 5.82 Å². The number of hydrogen-bond donors (Lipinski definition) is 2. The first-order valence-electron chi connectivity index (χ1n) is 5.74. The Kier molecular flexibility index (Phi) is 5.90. The Morgan fingerprint density at radius 2 is 2.16 bits per heavy atom. The van der Waals surface area contributed by atoms with Gasteiger partial charge in [0.25, 0.3) is 0 Å². The van der Waals surface area contributed by atoms with Gasteiger partial charge in [-0.2, -0.15) is 0 Å². The number of benzene rings is 1. The van der Waals surface area contributed by atoms with Crippen molar-refractivity contribution in [2.24, 2.45) is 11.7 Å². The van der Waals surface area contributed by atoms with Crippen molar-refractivity contribution in [2.75, 3.05) is 0 Å². The Balaban J connectivity index is 2.69. The van der Waals surface area contributed by atoms with Gasteiger partial charge >= 0.3 is 0 Å². The molecule has 0 heterocycles. The monoisotopic (exact) mass is 306 g/mol. The molecule has 3 N–H and O–H groups in total. The Morgan fingerprint density at radius 1 is 1.53 bits per heavy atom. The minimum absolute atomic E-state index is 0.147. The summed E-state index contributed by atoms with van der Waals surface area (Å²) in [6, 6.07) is 2.88. The molecule has 0 aliphatic rings. The molecule has 1 aromatic rings. The quantitative estimate of drug-likeness (QED) is 0.874. The Labute approximate surface area is 119 Å². The first-order valence-corrected chi connectivity index (χ1v) is 7.27. The highest BCUT2D eigenvalue weighted by atomic mass is 35.5. The highest BCUT2D eigenvalue weighted by molar-refractivity contribution is 7.83. The van der Waals surface area contributed by atoms with Crippen molar-refractivity contribution in [2.45, 2.75) is 31.2 Å². The van der Waals surface area contributed by atoms with Crippen molar-refractivity contribution in [1.29, 1.82) is 0 Å². The number of carbonyl (C=O) groups excluding carboxylic acids is 1. The van der Waals surface area contributed by atoms with E-state index < -0.39 is 28.8 Å². The largest absolute Gasteiger partial charge is 0.320 e. The summed E-state index contributed by atoms with van der Waals surface area (Å²) in [7, 11) is -1.80. The predicted molar refractivity (Wildman–Crippen MR) is 73.4 cm³/mol. The van der Waals surface area contributed by atoms with E-state index in [1.165, 1.54) is 12.1 Å². The molecule has 0 bridgehead atoms. The highest BCUT2D eigenvalue weighted by Gasteiger charge is 2.18. The van der Waals surface area contributed by atoms with Crippen molar-refractivity contribution < 1.29 is 13.4 Å². The van der Waals surface area contributed by atoms with Crippen LogP contribution >= 0.6 is 11.6 Å². The zero-order chi connectivity index (χ0) is 14.6. The smallest absolute Gasteiger partial charge is 0.248 e. The van der Waals surface area contributed by atoms with Gasteiger partial charge in [-0.25, -0.2) is 8.60 Å². The van der Waals surface area contributed by atoms with E-state index in [1.54, 1.807) is 0 Å². The molecule has 0 aliphatic carbocycles. The lowest BCUT2D eigenvalue weighted by molar-refractivity contribution is -0.120. The van der Waals surface area contributed by atoms with Gasteiger partial charge in [-0.15, -0.1) is 0 Å². The van der Waals surface area contributed by atoms with Crippen LogP contribution in [0, 0.1) is 11.7 Å². The van der Waals surface area contributed by atoms with E-state index in [4.69, 9.17) is 17.3 Å². The van der Waals surface area contributed by atoms with Crippen LogP contribution in [0.3, 0.4) is 0 Å². The number of rotatable bonds is 5. The van der Waals surface area contributed by atoms with E-state index >= 15 is 0 Å². The van der Waals surface area contributed by atoms with Crippen LogP contribution in [0.5, 0.6) is 0 Å². The third-order valence-corrected chi connectivity index (χ3v) is 3.72. The van der Waals surface area contributed by atoms with Gasteiger partial charge in [-0.3, -0.25) is 9.52 Å². The molecule has 0 radical (unpaired) electrons. The molecule has 0 saturated carbocycles. The lowest BCUT2D eigenvalue weighted by Gasteiger charge is -2.13. The number of carbonyl (C=O) groups is 1. The molecule has 0 aromatic heterocycles. The maximum absolute atomic E-state index is 13.0. The molecule has 1 amide bonds. The molecule has 1 rings (SSSR count). The molecule has 4 nitrogen and oxygen atoms in total. The van der Waals surface area contributed by atoms with Crippen LogP contribution in [0.25, 0.3) is 0 Å². The van der Waals surface area contributed by atoms with Gasteiger partial charge in [-0.1, -0.05) is 25.4 Å². The SMILES string of the molecule is CC(C)CC(N)C(=O)NS(=O)c1ccc(F)c(Cl)c1. The molecule has 0 aliphatic heterocycles. The molecular formula is C12H16ClFN2O2S. The lowest BCUT2D eigenvalue weighted by Crippen LogP contribution is -2.42. The van der Waals surface area contributed by atoms with Crippen LogP contribution < -0.4 is 10.5 Å². The summed E-state index contributed by atoms with van der Waals surface area (Å²) in [6.45, 7) is 3.87. The van der Waals surface area contributed by atoms with Gasteiger partial charge in [0.15, 0.2) is 11.0 Å². The second-order valence-electron chi connectivity index (χ2n) is 4.55. The standard InChI is InChI=1S/C12H16ClFN2O2S/c1-7(2)5-11(15)12(17)16-19(18)8-3-4-10(14)9(13)6-8/h3-4,6-7,11H,5,15H2,1-2H3,(H,16,17). The zero-order valence-corrected chi connectivity index (χ0v) is 12.2. The first kappa shape index (κ1) is 16.1. The van der Waals surface area contributed by atoms with Crippen molar-refractivity contribution in [3.05, 3.63) is 29.0 Å². The van der Waals surface area contributed by atoms with Crippen LogP contribution in [0.2, 0.25) is 5.02 Å². The van der Waals surface area contributed by atoms with Crippen LogP contribution in [0.4, 0.5) is 4.39 Å². The topological polar surface area (TPSA) is 72.2 Å². The van der Waals surface area contributed by atoms with Gasteiger partial charge in [-0.05, 0) is 30.5 Å². The zero-order valence-electron chi connectivity index (χ0n) is 10.7. The molecule has 2 unspecified atom stereocenters. The fourth-order valence-corrected chi connectivity index (χ4v) is 2.55. The average Bonchev–Trinajstić information content (AvgIpc) is 2.31. The summed E-state index contributed by atoms with van der Waals surface area (Å²) in [6.07, 6.45) is 0.493. The lowest BCUT2D eigenvalue weighted by atomic mass is 10.0. The summed E-state index contributed by atoms with van der Waals surface area (Å²) in [5.41, 5.74) is 5.67. The maximum Gasteiger partial charge on any atom is 0.248 e. The van der Waals surface area contributed by atoms with Gasteiger partial charge < -0.3 is 5.73 Å². The summed E-state index contributed by atoms with van der Waals surface area (Å²) >= 11 is 5.58. The Hall–Kier alpha value is -0.980. The molecule has 1 aromatic carbocycles. The number of nitrogens with one attached hydrogen (secondary N) is 1. The average molecular weight is 307 g/mol. The maximum atomic E-state index is 13.0. The molecule has 106 valence electrons. The van der Waals surface area contributed by atoms with Gasteiger partial charge in [0, 0.05) is 0 Å². The third kappa shape index (κ3) is 4.89. The molecule has 7 heteroatoms. The van der Waals surface area contributed by atoms with Crippen LogP contribution in [0.15, 0.2) is 23.1 Å². The van der Waals surface area contributed by atoms with E-state index in [-0.39, 0.29) is 15.8 Å². The molecule has 19 heavy (non-hydrogen) atoms. The summed E-state index contributed by atoms with van der Waals surface area (Å²) in [4.78, 5) is 11.9. The second-order valence-corrected chi connectivity index (χ2v) is 6.17. The second kappa shape index (κ2) is 6.98. The van der Waals surface area contributed by atoms with E-state index in [1.807, 2.05) is 13.8 Å². The van der Waals surface area contributed by atoms with Gasteiger partial charge in [0.2, 0.25) is 5.91 Å². The summed E-state index contributed by atoms with van der Waals surface area (Å²) < 4.78 is 27.1. The van der Waals surface area contributed by atoms with Crippen LogP contribution in [0.1, 0.15) is 20.3 Å². The van der Waals surface area contributed by atoms with Crippen molar-refractivity contribution in [3.8, 4) is 0 Å². The minimum atomic E-state index is -1.80. The molecule has 2 atom stereocenters. The van der Waals surface area contributed by atoms with Crippen LogP contribution in [-0.2, 0) is 15.8 Å². The summed E-state index contributed by atoms with van der Waals surface area (Å²) in [5, 5.41) is -0.147. The number of hydrogen-bond acceptors (Lipinski definition) is 3. The number of halogens is 2. The Morgan fingerprint density at radius 3 is 2.68 bits per heavy atom. The van der Waals surface area contributed by atoms with E-state index in [9.17, 15) is 13.4 Å². The first-order chi connectivity index (χ1) is 8.81. The molecule has 0 spiro atoms. The van der Waals surface area contributed by atoms with E-state index in [2.05, 4.69) is 4.72 Å². The van der Waals surface area contributed by atoms with E-state index in [0.29, 0.717) is 6.42 Å².